The van der Waals surface area contributed by atoms with Crippen molar-refractivity contribution in [2.75, 3.05) is 47.0 Å². The molecule has 2 rings (SSSR count). The number of halogens is 1. The van der Waals surface area contributed by atoms with Gasteiger partial charge in [0, 0.05) is 51.0 Å². The van der Waals surface area contributed by atoms with Crippen molar-refractivity contribution >= 4 is 29.9 Å². The van der Waals surface area contributed by atoms with Gasteiger partial charge in [-0.2, -0.15) is 0 Å². The molecular weight excluding hydrogens is 469 g/mol. The van der Waals surface area contributed by atoms with Crippen molar-refractivity contribution in [3.8, 4) is 5.88 Å². The van der Waals surface area contributed by atoms with Crippen LogP contribution < -0.4 is 15.4 Å². The highest BCUT2D eigenvalue weighted by Crippen LogP contribution is 2.19. The van der Waals surface area contributed by atoms with E-state index in [1.807, 2.05) is 12.1 Å². The molecular formula is C20H36IN5O2. The summed E-state index contributed by atoms with van der Waals surface area (Å²) in [5, 5.41) is 6.89. The zero-order chi connectivity index (χ0) is 19.5. The largest absolute Gasteiger partial charge is 0.481 e. The molecule has 0 bridgehead atoms. The van der Waals surface area contributed by atoms with Crippen molar-refractivity contribution < 1.29 is 9.47 Å². The fourth-order valence-corrected chi connectivity index (χ4v) is 3.68. The second kappa shape index (κ2) is 13.9. The molecule has 2 heterocycles. The number of nitrogens with one attached hydrogen (secondary N) is 2. The summed E-state index contributed by atoms with van der Waals surface area (Å²) < 4.78 is 10.9. The summed E-state index contributed by atoms with van der Waals surface area (Å²) in [5.74, 6) is 2.10. The average Bonchev–Trinajstić information content (AvgIpc) is 2.74. The lowest BCUT2D eigenvalue weighted by molar-refractivity contribution is 0.00272. The predicted molar refractivity (Wildman–Crippen MR) is 125 cm³/mol. The van der Waals surface area contributed by atoms with Crippen molar-refractivity contribution in [2.45, 2.75) is 39.3 Å². The van der Waals surface area contributed by atoms with Crippen molar-refractivity contribution in [3.63, 3.8) is 0 Å². The number of aromatic nitrogens is 1. The van der Waals surface area contributed by atoms with E-state index in [-0.39, 0.29) is 24.0 Å². The third kappa shape index (κ3) is 7.36. The number of hydrogen-bond donors (Lipinski definition) is 2. The number of morpholine rings is 1. The minimum absolute atomic E-state index is 0. The summed E-state index contributed by atoms with van der Waals surface area (Å²) in [6.07, 6.45) is 4.09. The van der Waals surface area contributed by atoms with Crippen LogP contribution >= 0.6 is 24.0 Å². The molecule has 1 aliphatic rings. The van der Waals surface area contributed by atoms with Gasteiger partial charge in [-0.05, 0) is 12.0 Å². The molecule has 1 atom stereocenters. The zero-order valence-corrected chi connectivity index (χ0v) is 19.9. The first-order valence-electron chi connectivity index (χ1n) is 9.97. The average molecular weight is 505 g/mol. The Morgan fingerprint density at radius 3 is 2.61 bits per heavy atom. The van der Waals surface area contributed by atoms with Crippen molar-refractivity contribution in [1.82, 2.24) is 20.5 Å². The van der Waals surface area contributed by atoms with Crippen LogP contribution in [0.2, 0.25) is 0 Å². The maximum absolute atomic E-state index is 5.54. The fourth-order valence-electron chi connectivity index (χ4n) is 3.68. The Morgan fingerprint density at radius 1 is 1.29 bits per heavy atom. The van der Waals surface area contributed by atoms with Crippen molar-refractivity contribution in [1.29, 1.82) is 0 Å². The third-order valence-electron chi connectivity index (χ3n) is 5.30. The molecule has 0 spiro atoms. The first kappa shape index (κ1) is 24.9. The summed E-state index contributed by atoms with van der Waals surface area (Å²) in [4.78, 5) is 11.2. The Hall–Kier alpha value is -1.13. The Kier molecular flexibility index (Phi) is 12.4. The van der Waals surface area contributed by atoms with E-state index in [0.29, 0.717) is 24.4 Å². The molecule has 0 saturated carbocycles. The molecule has 28 heavy (non-hydrogen) atoms. The van der Waals surface area contributed by atoms with Gasteiger partial charge in [0.15, 0.2) is 5.96 Å². The molecule has 0 aromatic carbocycles. The van der Waals surface area contributed by atoms with E-state index in [9.17, 15) is 0 Å². The number of rotatable bonds is 9. The highest BCUT2D eigenvalue weighted by molar-refractivity contribution is 14.0. The van der Waals surface area contributed by atoms with E-state index < -0.39 is 0 Å². The maximum Gasteiger partial charge on any atom is 0.218 e. The molecule has 1 aromatic heterocycles. The number of ether oxygens (including phenoxy) is 2. The first-order chi connectivity index (χ1) is 13.2. The van der Waals surface area contributed by atoms with Gasteiger partial charge in [-0.15, -0.1) is 24.0 Å². The van der Waals surface area contributed by atoms with Crippen LogP contribution in [-0.4, -0.2) is 68.9 Å². The molecule has 0 aliphatic carbocycles. The van der Waals surface area contributed by atoms with Gasteiger partial charge < -0.3 is 20.1 Å². The Balaban J connectivity index is 0.00000392. The van der Waals surface area contributed by atoms with Crippen molar-refractivity contribution in [2.24, 2.45) is 10.9 Å². The van der Waals surface area contributed by atoms with Gasteiger partial charge in [0.25, 0.3) is 0 Å². The molecule has 1 saturated heterocycles. The quantitative estimate of drug-likeness (QED) is 0.306. The monoisotopic (exact) mass is 505 g/mol. The third-order valence-corrected chi connectivity index (χ3v) is 5.30. The second-order valence-electron chi connectivity index (χ2n) is 6.77. The number of pyridine rings is 1. The SMILES string of the molecule is CCC(CC)C(CNC(=NC)NCc1cccnc1OC)N1CCOCC1.I. The van der Waals surface area contributed by atoms with Crippen LogP contribution in [0.5, 0.6) is 5.88 Å². The normalized spacial score (nSPS) is 16.4. The lowest BCUT2D eigenvalue weighted by atomic mass is 9.92. The maximum atomic E-state index is 5.54. The Bertz CT molecular complexity index is 577. The Labute approximate surface area is 186 Å². The smallest absolute Gasteiger partial charge is 0.218 e. The molecule has 1 fully saturated rings. The summed E-state index contributed by atoms with van der Waals surface area (Å²) in [5.41, 5.74) is 1.01. The van der Waals surface area contributed by atoms with E-state index in [0.717, 1.165) is 44.4 Å². The van der Waals surface area contributed by atoms with Crippen LogP contribution in [-0.2, 0) is 11.3 Å². The molecule has 2 N–H and O–H groups in total. The minimum atomic E-state index is 0. The molecule has 0 radical (unpaired) electrons. The van der Waals surface area contributed by atoms with Crippen LogP contribution in [0.4, 0.5) is 0 Å². The lowest BCUT2D eigenvalue weighted by Crippen LogP contribution is -2.53. The molecule has 7 nitrogen and oxygen atoms in total. The van der Waals surface area contributed by atoms with E-state index in [1.165, 1.54) is 12.8 Å². The molecule has 1 unspecified atom stereocenters. The van der Waals surface area contributed by atoms with Gasteiger partial charge in [-0.25, -0.2) is 4.98 Å². The highest BCUT2D eigenvalue weighted by atomic mass is 127. The highest BCUT2D eigenvalue weighted by Gasteiger charge is 2.27. The van der Waals surface area contributed by atoms with E-state index in [1.54, 1.807) is 20.4 Å². The number of methoxy groups -OCH3 is 1. The van der Waals surface area contributed by atoms with Crippen LogP contribution in [0.25, 0.3) is 0 Å². The number of hydrogen-bond acceptors (Lipinski definition) is 5. The lowest BCUT2D eigenvalue weighted by Gasteiger charge is -2.39. The standard InChI is InChI=1S/C20H35N5O2.HI/c1-5-16(6-2)18(25-10-12-27-13-11-25)15-24-20(21-3)23-14-17-8-7-9-22-19(17)26-4;/h7-9,16,18H,5-6,10-15H2,1-4H3,(H2,21,23,24);1H. The number of nitrogens with zero attached hydrogens (tertiary/aromatic N) is 3. The topological polar surface area (TPSA) is 71.0 Å². The van der Waals surface area contributed by atoms with Gasteiger partial charge in [-0.1, -0.05) is 32.8 Å². The van der Waals surface area contributed by atoms with Gasteiger partial charge in [-0.3, -0.25) is 9.89 Å². The van der Waals surface area contributed by atoms with E-state index in [2.05, 4.69) is 39.4 Å². The van der Waals surface area contributed by atoms with Gasteiger partial charge in [0.1, 0.15) is 0 Å². The zero-order valence-electron chi connectivity index (χ0n) is 17.6. The van der Waals surface area contributed by atoms with Gasteiger partial charge in [0.2, 0.25) is 5.88 Å². The van der Waals surface area contributed by atoms with Gasteiger partial charge >= 0.3 is 0 Å². The number of aliphatic imine (C=N–C) groups is 1. The second-order valence-corrected chi connectivity index (χ2v) is 6.77. The van der Waals surface area contributed by atoms with Crippen LogP contribution in [0.1, 0.15) is 32.3 Å². The minimum Gasteiger partial charge on any atom is -0.481 e. The summed E-state index contributed by atoms with van der Waals surface area (Å²) in [6.45, 7) is 9.70. The molecule has 8 heteroatoms. The Morgan fingerprint density at radius 2 is 2.00 bits per heavy atom. The molecule has 0 amide bonds. The molecule has 1 aliphatic heterocycles. The first-order valence-corrected chi connectivity index (χ1v) is 9.97. The summed E-state index contributed by atoms with van der Waals surface area (Å²) in [7, 11) is 3.44. The van der Waals surface area contributed by atoms with Crippen LogP contribution in [0, 0.1) is 5.92 Å². The summed E-state index contributed by atoms with van der Waals surface area (Å²) >= 11 is 0. The van der Waals surface area contributed by atoms with E-state index in [4.69, 9.17) is 9.47 Å². The number of guanidine groups is 1. The van der Waals surface area contributed by atoms with E-state index >= 15 is 0 Å². The summed E-state index contributed by atoms with van der Waals surface area (Å²) in [6, 6.07) is 4.40. The van der Waals surface area contributed by atoms with Crippen molar-refractivity contribution in [3.05, 3.63) is 23.9 Å². The molecule has 160 valence electrons. The van der Waals surface area contributed by atoms with Gasteiger partial charge in [0.05, 0.1) is 20.3 Å². The predicted octanol–water partition coefficient (Wildman–Crippen LogP) is 2.51. The molecule has 1 aromatic rings. The van der Waals surface area contributed by atoms with Crippen LogP contribution in [0.3, 0.4) is 0 Å². The fraction of sp³-hybridized carbons (Fsp3) is 0.700. The van der Waals surface area contributed by atoms with Crippen LogP contribution in [0.15, 0.2) is 23.3 Å².